The monoisotopic (exact) mass is 299 g/mol. The summed E-state index contributed by atoms with van der Waals surface area (Å²) in [6.45, 7) is 2.25. The Labute approximate surface area is 129 Å². The standard InChI is InChI=1S/C17H30ClNO/c1-2-3-4-5-6-7-8-9-17(20)19-15-10-11-16(19)13-14(18)12-15/h14-16H,2-13H2,1H3. The van der Waals surface area contributed by atoms with Crippen molar-refractivity contribution in [3.05, 3.63) is 0 Å². The van der Waals surface area contributed by atoms with E-state index in [0.29, 0.717) is 23.4 Å². The van der Waals surface area contributed by atoms with E-state index in [-0.39, 0.29) is 0 Å². The second-order valence-corrected chi connectivity index (χ2v) is 7.24. The van der Waals surface area contributed by atoms with Crippen LogP contribution in [0.15, 0.2) is 0 Å². The van der Waals surface area contributed by atoms with E-state index in [1.807, 2.05) is 0 Å². The molecule has 0 saturated carbocycles. The first kappa shape index (κ1) is 16.1. The van der Waals surface area contributed by atoms with Crippen LogP contribution in [-0.2, 0) is 4.79 Å². The average Bonchev–Trinajstić information content (AvgIpc) is 2.70. The maximum absolute atomic E-state index is 12.4. The molecule has 0 aromatic heterocycles. The highest BCUT2D eigenvalue weighted by atomic mass is 35.5. The molecule has 0 aromatic carbocycles. The molecule has 2 rings (SSSR count). The molecule has 2 nitrogen and oxygen atoms in total. The summed E-state index contributed by atoms with van der Waals surface area (Å²) in [7, 11) is 0. The van der Waals surface area contributed by atoms with Gasteiger partial charge in [-0.1, -0.05) is 45.4 Å². The van der Waals surface area contributed by atoms with Crippen LogP contribution in [0, 0.1) is 0 Å². The molecule has 0 radical (unpaired) electrons. The van der Waals surface area contributed by atoms with Crippen molar-refractivity contribution >= 4 is 17.5 Å². The number of nitrogens with zero attached hydrogens (tertiary/aromatic N) is 1. The van der Waals surface area contributed by atoms with Crippen molar-refractivity contribution in [1.82, 2.24) is 4.90 Å². The molecule has 0 spiro atoms. The maximum Gasteiger partial charge on any atom is 0.223 e. The first-order valence-electron chi connectivity index (χ1n) is 8.67. The van der Waals surface area contributed by atoms with Crippen LogP contribution in [0.1, 0.15) is 84.0 Å². The minimum atomic E-state index is 0.301. The fraction of sp³-hybridized carbons (Fsp3) is 0.941. The molecule has 2 saturated heterocycles. The Kier molecular flexibility index (Phi) is 6.67. The molecule has 2 aliphatic rings. The molecule has 2 aliphatic heterocycles. The van der Waals surface area contributed by atoms with Gasteiger partial charge >= 0.3 is 0 Å². The van der Waals surface area contributed by atoms with E-state index < -0.39 is 0 Å². The normalized spacial score (nSPS) is 28.9. The van der Waals surface area contributed by atoms with Gasteiger partial charge in [0.05, 0.1) is 0 Å². The molecule has 2 bridgehead atoms. The summed E-state index contributed by atoms with van der Waals surface area (Å²) < 4.78 is 0. The Hall–Kier alpha value is -0.240. The third kappa shape index (κ3) is 4.38. The van der Waals surface area contributed by atoms with E-state index in [1.165, 1.54) is 51.4 Å². The summed E-state index contributed by atoms with van der Waals surface area (Å²) in [5.41, 5.74) is 0. The highest BCUT2D eigenvalue weighted by molar-refractivity contribution is 6.20. The Bertz CT molecular complexity index is 293. The predicted molar refractivity (Wildman–Crippen MR) is 85.1 cm³/mol. The number of piperidine rings is 1. The van der Waals surface area contributed by atoms with Gasteiger partial charge < -0.3 is 4.90 Å². The lowest BCUT2D eigenvalue weighted by Crippen LogP contribution is -2.46. The van der Waals surface area contributed by atoms with Gasteiger partial charge in [-0.15, -0.1) is 11.6 Å². The molecule has 0 aliphatic carbocycles. The smallest absolute Gasteiger partial charge is 0.223 e. The molecule has 20 heavy (non-hydrogen) atoms. The van der Waals surface area contributed by atoms with Crippen LogP contribution in [-0.4, -0.2) is 28.3 Å². The molecule has 1 amide bonds. The number of unbranched alkanes of at least 4 members (excludes halogenated alkanes) is 6. The summed E-state index contributed by atoms with van der Waals surface area (Å²) in [4.78, 5) is 14.6. The molecule has 2 heterocycles. The van der Waals surface area contributed by atoms with Gasteiger partial charge in [0.25, 0.3) is 0 Å². The number of amides is 1. The van der Waals surface area contributed by atoms with E-state index in [4.69, 9.17) is 11.6 Å². The van der Waals surface area contributed by atoms with E-state index in [1.54, 1.807) is 0 Å². The van der Waals surface area contributed by atoms with Gasteiger partial charge in [0.2, 0.25) is 5.91 Å². The van der Waals surface area contributed by atoms with Gasteiger partial charge in [0.15, 0.2) is 0 Å². The lowest BCUT2D eigenvalue weighted by atomic mass is 10.0. The summed E-state index contributed by atoms with van der Waals surface area (Å²) >= 11 is 6.27. The topological polar surface area (TPSA) is 20.3 Å². The zero-order valence-corrected chi connectivity index (χ0v) is 13.7. The molecule has 2 atom stereocenters. The van der Waals surface area contributed by atoms with Gasteiger partial charge in [-0.2, -0.15) is 0 Å². The van der Waals surface area contributed by atoms with E-state index in [2.05, 4.69) is 11.8 Å². The third-order valence-corrected chi connectivity index (χ3v) is 5.31. The third-order valence-electron chi connectivity index (χ3n) is 4.96. The molecular formula is C17H30ClNO. The summed E-state index contributed by atoms with van der Waals surface area (Å²) in [6, 6.07) is 0.904. The minimum absolute atomic E-state index is 0.301. The summed E-state index contributed by atoms with van der Waals surface area (Å²) in [5.74, 6) is 0.398. The second-order valence-electron chi connectivity index (χ2n) is 6.63. The van der Waals surface area contributed by atoms with E-state index in [0.717, 1.165) is 25.7 Å². The first-order chi connectivity index (χ1) is 9.72. The molecular weight excluding hydrogens is 270 g/mol. The van der Waals surface area contributed by atoms with Gasteiger partial charge in [0.1, 0.15) is 0 Å². The van der Waals surface area contributed by atoms with Gasteiger partial charge in [-0.25, -0.2) is 0 Å². The average molecular weight is 300 g/mol. The van der Waals surface area contributed by atoms with Gasteiger partial charge in [-0.05, 0) is 32.1 Å². The number of fused-ring (bicyclic) bond motifs is 2. The Morgan fingerprint density at radius 2 is 1.55 bits per heavy atom. The fourth-order valence-corrected chi connectivity index (χ4v) is 4.29. The molecule has 116 valence electrons. The first-order valence-corrected chi connectivity index (χ1v) is 9.11. The van der Waals surface area contributed by atoms with E-state index in [9.17, 15) is 4.79 Å². The van der Waals surface area contributed by atoms with Crippen LogP contribution in [0.4, 0.5) is 0 Å². The van der Waals surface area contributed by atoms with Gasteiger partial charge in [0, 0.05) is 23.9 Å². The molecule has 2 unspecified atom stereocenters. The van der Waals surface area contributed by atoms with Crippen LogP contribution in [0.2, 0.25) is 0 Å². The highest BCUT2D eigenvalue weighted by Crippen LogP contribution is 2.38. The van der Waals surface area contributed by atoms with Crippen LogP contribution in [0.5, 0.6) is 0 Å². The largest absolute Gasteiger partial charge is 0.337 e. The predicted octanol–water partition coefficient (Wildman–Crippen LogP) is 4.89. The fourth-order valence-electron chi connectivity index (χ4n) is 3.88. The van der Waals surface area contributed by atoms with Crippen molar-refractivity contribution in [2.75, 3.05) is 0 Å². The van der Waals surface area contributed by atoms with Crippen molar-refractivity contribution in [3.8, 4) is 0 Å². The number of hydrogen-bond acceptors (Lipinski definition) is 1. The number of hydrogen-bond donors (Lipinski definition) is 0. The van der Waals surface area contributed by atoms with Crippen molar-refractivity contribution in [3.63, 3.8) is 0 Å². The van der Waals surface area contributed by atoms with Crippen molar-refractivity contribution in [2.45, 2.75) is 101 Å². The zero-order valence-electron chi connectivity index (χ0n) is 13.0. The molecule has 2 fully saturated rings. The SMILES string of the molecule is CCCCCCCCCC(=O)N1C2CCC1CC(Cl)C2. The molecule has 3 heteroatoms. The second kappa shape index (κ2) is 8.26. The Morgan fingerprint density at radius 1 is 1.00 bits per heavy atom. The van der Waals surface area contributed by atoms with E-state index >= 15 is 0 Å². The Morgan fingerprint density at radius 3 is 2.15 bits per heavy atom. The highest BCUT2D eigenvalue weighted by Gasteiger charge is 2.42. The minimum Gasteiger partial charge on any atom is -0.337 e. The number of carbonyl (C=O) groups excluding carboxylic acids is 1. The van der Waals surface area contributed by atoms with Crippen LogP contribution < -0.4 is 0 Å². The number of rotatable bonds is 8. The maximum atomic E-state index is 12.4. The van der Waals surface area contributed by atoms with Crippen molar-refractivity contribution < 1.29 is 4.79 Å². The quantitative estimate of drug-likeness (QED) is 0.462. The molecule has 0 aromatic rings. The lowest BCUT2D eigenvalue weighted by Gasteiger charge is -2.37. The van der Waals surface area contributed by atoms with Crippen molar-refractivity contribution in [2.24, 2.45) is 0 Å². The lowest BCUT2D eigenvalue weighted by molar-refractivity contribution is -0.135. The number of carbonyl (C=O) groups is 1. The molecule has 0 N–H and O–H groups in total. The number of halogens is 1. The van der Waals surface area contributed by atoms with Gasteiger partial charge in [-0.3, -0.25) is 4.79 Å². The zero-order chi connectivity index (χ0) is 14.4. The Balaban J connectivity index is 1.61. The van der Waals surface area contributed by atoms with Crippen LogP contribution >= 0.6 is 11.6 Å². The van der Waals surface area contributed by atoms with Crippen molar-refractivity contribution in [1.29, 1.82) is 0 Å². The summed E-state index contributed by atoms with van der Waals surface area (Å²) in [6.07, 6.45) is 14.1. The summed E-state index contributed by atoms with van der Waals surface area (Å²) in [5, 5.41) is 0.301. The van der Waals surface area contributed by atoms with Crippen LogP contribution in [0.25, 0.3) is 0 Å². The van der Waals surface area contributed by atoms with Crippen LogP contribution in [0.3, 0.4) is 0 Å². The number of alkyl halides is 1.